The van der Waals surface area contributed by atoms with Gasteiger partial charge in [-0.3, -0.25) is 0 Å². The lowest BCUT2D eigenvalue weighted by molar-refractivity contribution is 0.0690. The molecule has 0 aliphatic rings. The zero-order valence-electron chi connectivity index (χ0n) is 9.72. The average Bonchev–Trinajstić information content (AvgIpc) is 2.64. The van der Waals surface area contributed by atoms with Gasteiger partial charge in [0.25, 0.3) is 0 Å². The first-order valence-electron chi connectivity index (χ1n) is 5.40. The molecule has 0 atom stereocenters. The number of hydrogen-bond donors (Lipinski definition) is 2. The lowest BCUT2D eigenvalue weighted by Gasteiger charge is -2.02. The number of aromatic amines is 1. The van der Waals surface area contributed by atoms with Gasteiger partial charge in [0.1, 0.15) is 5.69 Å². The van der Waals surface area contributed by atoms with Gasteiger partial charge in [-0.1, -0.05) is 19.1 Å². The van der Waals surface area contributed by atoms with Crippen molar-refractivity contribution in [1.29, 1.82) is 0 Å². The first-order chi connectivity index (χ1) is 7.56. The number of aromatic carboxylic acids is 1. The second-order valence-electron chi connectivity index (χ2n) is 4.09. The third-order valence-electron chi connectivity index (χ3n) is 3.04. The first-order valence-corrected chi connectivity index (χ1v) is 5.40. The summed E-state index contributed by atoms with van der Waals surface area (Å²) in [4.78, 5) is 14.2. The summed E-state index contributed by atoms with van der Waals surface area (Å²) in [5.41, 5.74) is 4.40. The summed E-state index contributed by atoms with van der Waals surface area (Å²) in [6.07, 6.45) is 0.728. The molecule has 0 aliphatic carbocycles. The normalized spacial score (nSPS) is 10.9. The molecule has 84 valence electrons. The lowest BCUT2D eigenvalue weighted by atomic mass is 10.0. The molecular weight excluding hydrogens is 202 g/mol. The number of carboxylic acids is 1. The van der Waals surface area contributed by atoms with Gasteiger partial charge in [0.05, 0.1) is 0 Å². The number of rotatable bonds is 2. The molecule has 0 unspecified atom stereocenters. The van der Waals surface area contributed by atoms with Crippen LogP contribution in [0.3, 0.4) is 0 Å². The zero-order chi connectivity index (χ0) is 11.9. The molecule has 16 heavy (non-hydrogen) atoms. The molecule has 0 spiro atoms. The number of carboxylic acid groups (broad SMARTS) is 1. The van der Waals surface area contributed by atoms with Gasteiger partial charge in [0, 0.05) is 10.9 Å². The van der Waals surface area contributed by atoms with E-state index in [4.69, 9.17) is 5.11 Å². The van der Waals surface area contributed by atoms with E-state index < -0.39 is 5.97 Å². The highest BCUT2D eigenvalue weighted by Crippen LogP contribution is 2.28. The highest BCUT2D eigenvalue weighted by atomic mass is 16.4. The number of H-pyrrole nitrogens is 1. The van der Waals surface area contributed by atoms with Crippen molar-refractivity contribution in [3.8, 4) is 0 Å². The summed E-state index contributed by atoms with van der Waals surface area (Å²) in [7, 11) is 0. The van der Waals surface area contributed by atoms with Gasteiger partial charge < -0.3 is 10.1 Å². The van der Waals surface area contributed by atoms with Crippen molar-refractivity contribution in [1.82, 2.24) is 4.98 Å². The van der Waals surface area contributed by atoms with E-state index in [2.05, 4.69) is 4.98 Å². The second-order valence-corrected chi connectivity index (χ2v) is 4.09. The minimum Gasteiger partial charge on any atom is -0.477 e. The molecule has 1 aromatic carbocycles. The Kier molecular flexibility index (Phi) is 2.46. The number of carbonyl (C=O) groups is 1. The molecule has 3 nitrogen and oxygen atoms in total. The van der Waals surface area contributed by atoms with Crippen molar-refractivity contribution < 1.29 is 9.90 Å². The predicted molar refractivity (Wildman–Crippen MR) is 64.1 cm³/mol. The smallest absolute Gasteiger partial charge is 0.352 e. The van der Waals surface area contributed by atoms with E-state index in [0.717, 1.165) is 34.0 Å². The predicted octanol–water partition coefficient (Wildman–Crippen LogP) is 3.05. The molecule has 2 aromatic rings. The average molecular weight is 217 g/mol. The molecule has 0 aliphatic heterocycles. The summed E-state index contributed by atoms with van der Waals surface area (Å²) >= 11 is 0. The summed E-state index contributed by atoms with van der Waals surface area (Å²) in [6, 6.07) is 4.05. The second kappa shape index (κ2) is 3.67. The Labute approximate surface area is 94.1 Å². The third-order valence-corrected chi connectivity index (χ3v) is 3.04. The van der Waals surface area contributed by atoms with E-state index in [-0.39, 0.29) is 0 Å². The Morgan fingerprint density at radius 2 is 1.94 bits per heavy atom. The number of aryl methyl sites for hydroxylation is 3. The van der Waals surface area contributed by atoms with Gasteiger partial charge in [-0.2, -0.15) is 0 Å². The standard InChI is InChI=1S/C13H15NO2/c1-4-9-10-7(2)5-6-8(3)11(10)14-12(9)13(15)16/h5-6,14H,4H2,1-3H3,(H,15,16). The minimum absolute atomic E-state index is 0.329. The lowest BCUT2D eigenvalue weighted by Crippen LogP contribution is -2.00. The molecule has 1 heterocycles. The van der Waals surface area contributed by atoms with Crippen molar-refractivity contribution in [2.24, 2.45) is 0 Å². The third kappa shape index (κ3) is 1.40. The maximum atomic E-state index is 11.1. The monoisotopic (exact) mass is 217 g/mol. The van der Waals surface area contributed by atoms with Gasteiger partial charge in [-0.25, -0.2) is 4.79 Å². The van der Waals surface area contributed by atoms with Crippen molar-refractivity contribution in [3.63, 3.8) is 0 Å². The van der Waals surface area contributed by atoms with Crippen LogP contribution in [0.25, 0.3) is 10.9 Å². The summed E-state index contributed by atoms with van der Waals surface area (Å²) in [5.74, 6) is -0.883. The largest absolute Gasteiger partial charge is 0.477 e. The van der Waals surface area contributed by atoms with E-state index in [1.54, 1.807) is 0 Å². The number of fused-ring (bicyclic) bond motifs is 1. The molecular formula is C13H15NO2. The van der Waals surface area contributed by atoms with Crippen LogP contribution >= 0.6 is 0 Å². The Hall–Kier alpha value is -1.77. The van der Waals surface area contributed by atoms with Crippen LogP contribution in [0.1, 0.15) is 34.1 Å². The van der Waals surface area contributed by atoms with Gasteiger partial charge >= 0.3 is 5.97 Å². The number of benzene rings is 1. The zero-order valence-corrected chi connectivity index (χ0v) is 9.72. The van der Waals surface area contributed by atoms with Gasteiger partial charge in [0.2, 0.25) is 0 Å². The van der Waals surface area contributed by atoms with Crippen LogP contribution in [0.15, 0.2) is 12.1 Å². The molecule has 2 N–H and O–H groups in total. The fourth-order valence-electron chi connectivity index (χ4n) is 2.22. The Morgan fingerprint density at radius 1 is 1.31 bits per heavy atom. The van der Waals surface area contributed by atoms with E-state index in [0.29, 0.717) is 5.69 Å². The molecule has 0 saturated carbocycles. The SMILES string of the molecule is CCc1c(C(=O)O)[nH]c2c(C)ccc(C)c12. The molecule has 0 fully saturated rings. The van der Waals surface area contributed by atoms with Crippen LogP contribution in [-0.2, 0) is 6.42 Å². The van der Waals surface area contributed by atoms with Crippen LogP contribution in [0.5, 0.6) is 0 Å². The fraction of sp³-hybridized carbons (Fsp3) is 0.308. The maximum Gasteiger partial charge on any atom is 0.352 e. The molecule has 2 rings (SSSR count). The van der Waals surface area contributed by atoms with Gasteiger partial charge in [-0.05, 0) is 37.0 Å². The molecule has 0 amide bonds. The van der Waals surface area contributed by atoms with Crippen LogP contribution in [0, 0.1) is 13.8 Å². The van der Waals surface area contributed by atoms with Crippen LogP contribution in [0.4, 0.5) is 0 Å². The fourth-order valence-corrected chi connectivity index (χ4v) is 2.22. The van der Waals surface area contributed by atoms with E-state index in [1.165, 1.54) is 0 Å². The number of nitrogens with one attached hydrogen (secondary N) is 1. The highest BCUT2D eigenvalue weighted by Gasteiger charge is 2.17. The number of aromatic nitrogens is 1. The van der Waals surface area contributed by atoms with Crippen molar-refractivity contribution >= 4 is 16.9 Å². The Bertz CT molecular complexity index is 567. The van der Waals surface area contributed by atoms with Gasteiger partial charge in [0.15, 0.2) is 0 Å². The van der Waals surface area contributed by atoms with E-state index in [1.807, 2.05) is 32.9 Å². The quantitative estimate of drug-likeness (QED) is 0.812. The van der Waals surface area contributed by atoms with Gasteiger partial charge in [-0.15, -0.1) is 0 Å². The molecule has 3 heteroatoms. The number of hydrogen-bond acceptors (Lipinski definition) is 1. The van der Waals surface area contributed by atoms with E-state index in [9.17, 15) is 4.79 Å². The molecule has 0 saturated heterocycles. The topological polar surface area (TPSA) is 53.1 Å². The summed E-state index contributed by atoms with van der Waals surface area (Å²) in [5, 5.41) is 10.2. The maximum absolute atomic E-state index is 11.1. The molecule has 1 aromatic heterocycles. The summed E-state index contributed by atoms with van der Waals surface area (Å²) < 4.78 is 0. The van der Waals surface area contributed by atoms with E-state index >= 15 is 0 Å². The van der Waals surface area contributed by atoms with Crippen LogP contribution in [0.2, 0.25) is 0 Å². The molecule has 0 radical (unpaired) electrons. The highest BCUT2D eigenvalue weighted by molar-refractivity contribution is 5.99. The van der Waals surface area contributed by atoms with Crippen molar-refractivity contribution in [3.05, 3.63) is 34.5 Å². The molecule has 0 bridgehead atoms. The summed E-state index contributed by atoms with van der Waals surface area (Å²) in [6.45, 7) is 5.99. The van der Waals surface area contributed by atoms with Crippen molar-refractivity contribution in [2.45, 2.75) is 27.2 Å². The minimum atomic E-state index is -0.883. The van der Waals surface area contributed by atoms with Crippen LogP contribution in [-0.4, -0.2) is 16.1 Å². The van der Waals surface area contributed by atoms with Crippen LogP contribution < -0.4 is 0 Å². The van der Waals surface area contributed by atoms with Crippen molar-refractivity contribution in [2.75, 3.05) is 0 Å². The Balaban J connectivity index is 2.92. The Morgan fingerprint density at radius 3 is 2.50 bits per heavy atom. The first kappa shape index (κ1) is 10.7.